The van der Waals surface area contributed by atoms with Crippen LogP contribution in [0.4, 0.5) is 0 Å². The van der Waals surface area contributed by atoms with Crippen molar-refractivity contribution in [3.63, 3.8) is 0 Å². The Bertz CT molecular complexity index is 671. The van der Waals surface area contributed by atoms with Gasteiger partial charge in [-0.25, -0.2) is 19.2 Å². The Labute approximate surface area is 115 Å². The van der Waals surface area contributed by atoms with Gasteiger partial charge in [0.1, 0.15) is 0 Å². The number of ether oxygens (including phenoxy) is 1. The lowest BCUT2D eigenvalue weighted by atomic mass is 10.4. The number of carbonyl (C=O) groups excluding carboxylic acids is 2. The van der Waals surface area contributed by atoms with Crippen molar-refractivity contribution in [1.82, 2.24) is 0 Å². The predicted molar refractivity (Wildman–Crippen MR) is 61.1 cm³/mol. The Kier molecular flexibility index (Phi) is 3.57. The second-order valence-corrected chi connectivity index (χ2v) is 3.62. The third kappa shape index (κ3) is 2.97. The van der Waals surface area contributed by atoms with E-state index in [1.54, 1.807) is 0 Å². The molecule has 2 aromatic rings. The van der Waals surface area contributed by atoms with Crippen molar-refractivity contribution in [1.29, 1.82) is 0 Å². The van der Waals surface area contributed by atoms with E-state index in [0.29, 0.717) is 0 Å². The van der Waals surface area contributed by atoms with Gasteiger partial charge in [-0.1, -0.05) is 0 Å². The molecule has 9 nitrogen and oxygen atoms in total. The molecule has 21 heavy (non-hydrogen) atoms. The summed E-state index contributed by atoms with van der Waals surface area (Å²) in [6.45, 7) is 0. The van der Waals surface area contributed by atoms with Gasteiger partial charge in [0, 0.05) is 0 Å². The van der Waals surface area contributed by atoms with Crippen molar-refractivity contribution < 1.29 is 43.0 Å². The summed E-state index contributed by atoms with van der Waals surface area (Å²) >= 11 is 0. The first-order chi connectivity index (χ1) is 9.88. The minimum atomic E-state index is -1.39. The summed E-state index contributed by atoms with van der Waals surface area (Å²) in [5, 5.41) is 17.2. The molecule has 108 valence electrons. The van der Waals surface area contributed by atoms with Gasteiger partial charge < -0.3 is 23.8 Å². The molecule has 0 aliphatic carbocycles. The van der Waals surface area contributed by atoms with Crippen LogP contribution in [0.1, 0.15) is 42.2 Å². The van der Waals surface area contributed by atoms with Gasteiger partial charge in [0.2, 0.25) is 23.0 Å². The molecule has 2 N–H and O–H groups in total. The van der Waals surface area contributed by atoms with Gasteiger partial charge in [-0.15, -0.1) is 0 Å². The average Bonchev–Trinajstić information content (AvgIpc) is 3.08. The topological polar surface area (TPSA) is 144 Å². The fraction of sp³-hybridized carbons (Fsp3) is 0. The van der Waals surface area contributed by atoms with E-state index in [2.05, 4.69) is 13.6 Å². The van der Waals surface area contributed by atoms with Gasteiger partial charge in [-0.3, -0.25) is 0 Å². The minimum absolute atomic E-state index is 0.495. The van der Waals surface area contributed by atoms with Gasteiger partial charge in [0.25, 0.3) is 0 Å². The van der Waals surface area contributed by atoms with Crippen molar-refractivity contribution in [2.75, 3.05) is 0 Å². The zero-order chi connectivity index (χ0) is 15.6. The number of furan rings is 2. The Hall–Kier alpha value is -3.36. The fourth-order valence-corrected chi connectivity index (χ4v) is 1.31. The highest BCUT2D eigenvalue weighted by Gasteiger charge is 2.23. The van der Waals surface area contributed by atoms with E-state index >= 15 is 0 Å². The van der Waals surface area contributed by atoms with Crippen LogP contribution in [0.15, 0.2) is 33.1 Å². The normalized spacial score (nSPS) is 10.1. The molecule has 2 aromatic heterocycles. The van der Waals surface area contributed by atoms with E-state index < -0.39 is 46.9 Å². The highest BCUT2D eigenvalue weighted by atomic mass is 16.6. The van der Waals surface area contributed by atoms with Crippen LogP contribution in [0.5, 0.6) is 0 Å². The lowest BCUT2D eigenvalue weighted by Crippen LogP contribution is -2.11. The van der Waals surface area contributed by atoms with Gasteiger partial charge >= 0.3 is 23.9 Å². The van der Waals surface area contributed by atoms with Gasteiger partial charge in [0.05, 0.1) is 0 Å². The number of esters is 2. The van der Waals surface area contributed by atoms with E-state index in [1.807, 2.05) is 0 Å². The van der Waals surface area contributed by atoms with Crippen LogP contribution in [-0.2, 0) is 4.74 Å². The van der Waals surface area contributed by atoms with Crippen molar-refractivity contribution >= 4 is 23.9 Å². The third-order valence-corrected chi connectivity index (χ3v) is 2.22. The average molecular weight is 294 g/mol. The minimum Gasteiger partial charge on any atom is -0.475 e. The highest BCUT2D eigenvalue weighted by Crippen LogP contribution is 2.13. The van der Waals surface area contributed by atoms with Gasteiger partial charge in [-0.2, -0.15) is 0 Å². The summed E-state index contributed by atoms with van der Waals surface area (Å²) in [7, 11) is 0. The zero-order valence-electron chi connectivity index (χ0n) is 10.1. The molecule has 0 aromatic carbocycles. The number of hydrogen-bond acceptors (Lipinski definition) is 7. The van der Waals surface area contributed by atoms with Gasteiger partial charge in [-0.05, 0) is 24.3 Å². The Morgan fingerprint density at radius 1 is 0.714 bits per heavy atom. The standard InChI is InChI=1S/C12H6O9/c13-9(14)5-1-3-7(19-5)11(17)21-12(18)8-4-2-6(20-8)10(15)16/h1-4H,(H,13,14)(H,15,16). The van der Waals surface area contributed by atoms with Crippen molar-refractivity contribution in [3.05, 3.63) is 47.3 Å². The first-order valence-corrected chi connectivity index (χ1v) is 5.31. The summed E-state index contributed by atoms with van der Waals surface area (Å²) in [6, 6.07) is 4.06. The van der Waals surface area contributed by atoms with Crippen molar-refractivity contribution in [2.45, 2.75) is 0 Å². The maximum atomic E-state index is 11.5. The molecule has 0 amide bonds. The molecular weight excluding hydrogens is 288 g/mol. The maximum Gasteiger partial charge on any atom is 0.382 e. The van der Waals surface area contributed by atoms with Crippen molar-refractivity contribution in [3.8, 4) is 0 Å². The Balaban J connectivity index is 2.08. The number of carbonyl (C=O) groups is 4. The molecule has 0 radical (unpaired) electrons. The summed E-state index contributed by atoms with van der Waals surface area (Å²) in [5.74, 6) is -7.24. The van der Waals surface area contributed by atoms with Crippen LogP contribution in [-0.4, -0.2) is 34.1 Å². The van der Waals surface area contributed by atoms with Crippen molar-refractivity contribution in [2.24, 2.45) is 0 Å². The highest BCUT2D eigenvalue weighted by molar-refractivity contribution is 6.01. The van der Waals surface area contributed by atoms with Crippen LogP contribution < -0.4 is 0 Å². The lowest BCUT2D eigenvalue weighted by Gasteiger charge is -1.97. The molecule has 0 saturated carbocycles. The van der Waals surface area contributed by atoms with E-state index in [4.69, 9.17) is 10.2 Å². The number of carboxylic acid groups (broad SMARTS) is 2. The van der Waals surface area contributed by atoms with E-state index in [0.717, 1.165) is 24.3 Å². The van der Waals surface area contributed by atoms with E-state index in [-0.39, 0.29) is 0 Å². The molecule has 0 spiro atoms. The first kappa shape index (κ1) is 14.1. The Morgan fingerprint density at radius 3 is 1.33 bits per heavy atom. The van der Waals surface area contributed by atoms with E-state index in [1.165, 1.54) is 0 Å². The summed E-state index contributed by atoms with van der Waals surface area (Å²) in [6.07, 6.45) is 0. The molecule has 2 rings (SSSR count). The smallest absolute Gasteiger partial charge is 0.382 e. The number of carboxylic acids is 2. The summed E-state index contributed by atoms with van der Waals surface area (Å²) < 4.78 is 13.6. The molecule has 0 fully saturated rings. The Morgan fingerprint density at radius 2 is 1.05 bits per heavy atom. The first-order valence-electron chi connectivity index (χ1n) is 5.31. The van der Waals surface area contributed by atoms with Crippen LogP contribution in [0, 0.1) is 0 Å². The zero-order valence-corrected chi connectivity index (χ0v) is 10.1. The molecule has 0 saturated heterocycles. The second kappa shape index (κ2) is 5.33. The van der Waals surface area contributed by atoms with Crippen LogP contribution in [0.25, 0.3) is 0 Å². The largest absolute Gasteiger partial charge is 0.475 e. The maximum absolute atomic E-state index is 11.5. The molecule has 9 heteroatoms. The summed E-state index contributed by atoms with van der Waals surface area (Å²) in [4.78, 5) is 44.2. The van der Waals surface area contributed by atoms with Gasteiger partial charge in [0.15, 0.2) is 0 Å². The molecule has 0 atom stereocenters. The molecule has 0 aliphatic rings. The van der Waals surface area contributed by atoms with E-state index in [9.17, 15) is 19.2 Å². The summed E-state index contributed by atoms with van der Waals surface area (Å²) in [5.41, 5.74) is 0. The second-order valence-electron chi connectivity index (χ2n) is 3.62. The number of hydrogen-bond donors (Lipinski definition) is 2. The predicted octanol–water partition coefficient (Wildman–Crippen LogP) is 1.27. The van der Waals surface area contributed by atoms with Crippen LogP contribution >= 0.6 is 0 Å². The lowest BCUT2D eigenvalue weighted by molar-refractivity contribution is 0.0351. The fourth-order valence-electron chi connectivity index (χ4n) is 1.31. The monoisotopic (exact) mass is 294 g/mol. The molecule has 2 heterocycles. The quantitative estimate of drug-likeness (QED) is 0.628. The molecular formula is C12H6O9. The van der Waals surface area contributed by atoms with Crippen LogP contribution in [0.2, 0.25) is 0 Å². The third-order valence-electron chi connectivity index (χ3n) is 2.22. The SMILES string of the molecule is O=C(O)c1ccc(C(=O)OC(=O)c2ccc(C(=O)O)o2)o1. The molecule has 0 unspecified atom stereocenters. The molecule has 0 bridgehead atoms. The molecule has 0 aliphatic heterocycles. The number of rotatable bonds is 4. The number of aromatic carboxylic acids is 2. The van der Waals surface area contributed by atoms with Crippen LogP contribution in [0.3, 0.4) is 0 Å².